The van der Waals surface area contributed by atoms with Crippen molar-refractivity contribution in [3.63, 3.8) is 0 Å². The molecule has 0 saturated carbocycles. The minimum Gasteiger partial charge on any atom is -0.338 e. The van der Waals surface area contributed by atoms with E-state index in [-0.39, 0.29) is 5.91 Å². The van der Waals surface area contributed by atoms with Crippen LogP contribution in [-0.2, 0) is 6.42 Å². The minimum absolute atomic E-state index is 0.0866. The number of rotatable bonds is 5. The summed E-state index contributed by atoms with van der Waals surface area (Å²) in [5.41, 5.74) is 2.86. The number of aromatic nitrogens is 2. The number of likely N-dealkylation sites (tertiary alicyclic amines) is 1. The van der Waals surface area contributed by atoms with Gasteiger partial charge in [-0.05, 0) is 51.0 Å². The van der Waals surface area contributed by atoms with Gasteiger partial charge in [0.1, 0.15) is 0 Å². The summed E-state index contributed by atoms with van der Waals surface area (Å²) >= 11 is 0. The van der Waals surface area contributed by atoms with Crippen molar-refractivity contribution in [1.82, 2.24) is 20.2 Å². The summed E-state index contributed by atoms with van der Waals surface area (Å²) in [7, 11) is 0. The third-order valence-corrected chi connectivity index (χ3v) is 4.67. The molecule has 1 N–H and O–H groups in total. The van der Waals surface area contributed by atoms with Crippen molar-refractivity contribution < 1.29 is 4.79 Å². The van der Waals surface area contributed by atoms with E-state index in [0.29, 0.717) is 17.6 Å². The Morgan fingerprint density at radius 3 is 2.76 bits per heavy atom. The van der Waals surface area contributed by atoms with E-state index in [4.69, 9.17) is 0 Å². The molecule has 3 rings (SSSR count). The molecule has 1 fully saturated rings. The van der Waals surface area contributed by atoms with Gasteiger partial charge < -0.3 is 10.2 Å². The maximum absolute atomic E-state index is 12.5. The van der Waals surface area contributed by atoms with Crippen LogP contribution in [0.1, 0.15) is 41.5 Å². The summed E-state index contributed by atoms with van der Waals surface area (Å²) < 4.78 is 0. The molecular weight excluding hydrogens is 312 g/mol. The maximum atomic E-state index is 12.5. The predicted octanol–water partition coefficient (Wildman–Crippen LogP) is 2.61. The standard InChI is InChI=1S/C20H26N4O/c1-15-5-3-7-19(22-15)13-16(2)23-18-8-11-24(12-9-18)20(25)17-6-4-10-21-14-17/h3-7,10,14,16,18,23H,8-9,11-13H2,1-2H3. The molecule has 0 aromatic carbocycles. The van der Waals surface area contributed by atoms with Gasteiger partial charge in [0, 0.05) is 55.4 Å². The molecule has 5 heteroatoms. The van der Waals surface area contributed by atoms with E-state index in [1.54, 1.807) is 12.4 Å². The third kappa shape index (κ3) is 4.86. The Bertz CT molecular complexity index is 696. The van der Waals surface area contributed by atoms with Gasteiger partial charge in [-0.25, -0.2) is 0 Å². The Morgan fingerprint density at radius 1 is 1.28 bits per heavy atom. The highest BCUT2D eigenvalue weighted by Crippen LogP contribution is 2.15. The molecule has 25 heavy (non-hydrogen) atoms. The van der Waals surface area contributed by atoms with E-state index >= 15 is 0 Å². The quantitative estimate of drug-likeness (QED) is 0.910. The normalized spacial score (nSPS) is 16.6. The highest BCUT2D eigenvalue weighted by molar-refractivity contribution is 5.93. The molecule has 2 aromatic heterocycles. The first kappa shape index (κ1) is 17.5. The number of carbonyl (C=O) groups excluding carboxylic acids is 1. The van der Waals surface area contributed by atoms with Gasteiger partial charge in [0.2, 0.25) is 0 Å². The lowest BCUT2D eigenvalue weighted by molar-refractivity contribution is 0.0702. The fourth-order valence-electron chi connectivity index (χ4n) is 3.41. The molecule has 5 nitrogen and oxygen atoms in total. The molecule has 0 spiro atoms. The second-order valence-electron chi connectivity index (χ2n) is 6.85. The second-order valence-corrected chi connectivity index (χ2v) is 6.85. The van der Waals surface area contributed by atoms with E-state index in [2.05, 4.69) is 34.3 Å². The molecule has 1 amide bonds. The molecule has 1 saturated heterocycles. The summed E-state index contributed by atoms with van der Waals surface area (Å²) in [5, 5.41) is 3.70. The van der Waals surface area contributed by atoms with Gasteiger partial charge in [-0.2, -0.15) is 0 Å². The largest absolute Gasteiger partial charge is 0.338 e. The average molecular weight is 338 g/mol. The topological polar surface area (TPSA) is 58.1 Å². The van der Waals surface area contributed by atoms with Crippen LogP contribution in [0.4, 0.5) is 0 Å². The molecule has 1 unspecified atom stereocenters. The number of hydrogen-bond acceptors (Lipinski definition) is 4. The van der Waals surface area contributed by atoms with Gasteiger partial charge in [0.15, 0.2) is 0 Å². The van der Waals surface area contributed by atoms with Crippen LogP contribution in [0.15, 0.2) is 42.7 Å². The Labute approximate surface area is 149 Å². The summed E-state index contributed by atoms with van der Waals surface area (Å²) in [4.78, 5) is 23.0. The van der Waals surface area contributed by atoms with Crippen molar-refractivity contribution in [3.05, 3.63) is 59.7 Å². The first-order valence-electron chi connectivity index (χ1n) is 8.99. The molecule has 0 bridgehead atoms. The second kappa shape index (κ2) is 8.21. The van der Waals surface area contributed by atoms with Crippen molar-refractivity contribution in [2.45, 2.75) is 45.2 Å². The Balaban J connectivity index is 1.47. The molecule has 1 aliphatic heterocycles. The zero-order valence-corrected chi connectivity index (χ0v) is 15.0. The van der Waals surface area contributed by atoms with Crippen LogP contribution in [0, 0.1) is 6.92 Å². The summed E-state index contributed by atoms with van der Waals surface area (Å²) in [6.07, 6.45) is 6.23. The highest BCUT2D eigenvalue weighted by atomic mass is 16.2. The third-order valence-electron chi connectivity index (χ3n) is 4.67. The fourth-order valence-corrected chi connectivity index (χ4v) is 3.41. The number of pyridine rings is 2. The number of amides is 1. The molecule has 0 radical (unpaired) electrons. The predicted molar refractivity (Wildman–Crippen MR) is 98.4 cm³/mol. The van der Waals surface area contributed by atoms with E-state index in [9.17, 15) is 4.79 Å². The summed E-state index contributed by atoms with van der Waals surface area (Å²) in [6, 6.07) is 10.6. The lowest BCUT2D eigenvalue weighted by Crippen LogP contribution is -2.47. The molecule has 3 heterocycles. The van der Waals surface area contributed by atoms with Gasteiger partial charge in [-0.15, -0.1) is 0 Å². The number of aryl methyl sites for hydroxylation is 1. The molecule has 0 aliphatic carbocycles. The van der Waals surface area contributed by atoms with E-state index in [1.807, 2.05) is 30.0 Å². The monoisotopic (exact) mass is 338 g/mol. The van der Waals surface area contributed by atoms with Crippen LogP contribution in [-0.4, -0.2) is 45.9 Å². The molecule has 1 atom stereocenters. The number of nitrogens with zero attached hydrogens (tertiary/aromatic N) is 3. The number of nitrogens with one attached hydrogen (secondary N) is 1. The van der Waals surface area contributed by atoms with Crippen LogP contribution in [0.25, 0.3) is 0 Å². The Morgan fingerprint density at radius 2 is 2.08 bits per heavy atom. The van der Waals surface area contributed by atoms with Crippen LogP contribution < -0.4 is 5.32 Å². The van der Waals surface area contributed by atoms with Crippen molar-refractivity contribution in [1.29, 1.82) is 0 Å². The molecule has 132 valence electrons. The fraction of sp³-hybridized carbons (Fsp3) is 0.450. The summed E-state index contributed by atoms with van der Waals surface area (Å²) in [5.74, 6) is 0.0866. The first-order valence-corrected chi connectivity index (χ1v) is 8.99. The highest BCUT2D eigenvalue weighted by Gasteiger charge is 2.24. The molecule has 1 aliphatic rings. The first-order chi connectivity index (χ1) is 12.1. The van der Waals surface area contributed by atoms with Crippen LogP contribution in [0.2, 0.25) is 0 Å². The average Bonchev–Trinajstić information content (AvgIpc) is 2.62. The minimum atomic E-state index is 0.0866. The zero-order valence-electron chi connectivity index (χ0n) is 15.0. The smallest absolute Gasteiger partial charge is 0.255 e. The van der Waals surface area contributed by atoms with E-state index < -0.39 is 0 Å². The van der Waals surface area contributed by atoms with Gasteiger partial charge in [0.05, 0.1) is 5.56 Å². The van der Waals surface area contributed by atoms with Crippen molar-refractivity contribution in [3.8, 4) is 0 Å². The SMILES string of the molecule is Cc1cccc(CC(C)NC2CCN(C(=O)c3cccnc3)CC2)n1. The zero-order chi connectivity index (χ0) is 17.6. The van der Waals surface area contributed by atoms with Crippen LogP contribution >= 0.6 is 0 Å². The maximum Gasteiger partial charge on any atom is 0.255 e. The van der Waals surface area contributed by atoms with Crippen LogP contribution in [0.3, 0.4) is 0 Å². The van der Waals surface area contributed by atoms with Gasteiger partial charge >= 0.3 is 0 Å². The number of piperidine rings is 1. The van der Waals surface area contributed by atoms with Crippen molar-refractivity contribution in [2.75, 3.05) is 13.1 Å². The molecule has 2 aromatic rings. The Kier molecular flexibility index (Phi) is 5.76. The van der Waals surface area contributed by atoms with Gasteiger partial charge in [-0.1, -0.05) is 6.07 Å². The lowest BCUT2D eigenvalue weighted by atomic mass is 10.0. The Hall–Kier alpha value is -2.27. The van der Waals surface area contributed by atoms with E-state index in [1.165, 1.54) is 0 Å². The number of carbonyl (C=O) groups is 1. The van der Waals surface area contributed by atoms with E-state index in [0.717, 1.165) is 43.7 Å². The molecular formula is C20H26N4O. The van der Waals surface area contributed by atoms with Crippen molar-refractivity contribution >= 4 is 5.91 Å². The van der Waals surface area contributed by atoms with Gasteiger partial charge in [-0.3, -0.25) is 14.8 Å². The lowest BCUT2D eigenvalue weighted by Gasteiger charge is -2.34. The van der Waals surface area contributed by atoms with Crippen molar-refractivity contribution in [2.24, 2.45) is 0 Å². The van der Waals surface area contributed by atoms with Crippen LogP contribution in [0.5, 0.6) is 0 Å². The van der Waals surface area contributed by atoms with Gasteiger partial charge in [0.25, 0.3) is 5.91 Å². The summed E-state index contributed by atoms with van der Waals surface area (Å²) in [6.45, 7) is 5.81. The number of hydrogen-bond donors (Lipinski definition) is 1.